The summed E-state index contributed by atoms with van der Waals surface area (Å²) < 4.78 is 41.9. The number of hydrogen-bond acceptors (Lipinski definition) is 10. The molecular weight excluding hydrogens is 846 g/mol. The van der Waals surface area contributed by atoms with Gasteiger partial charge >= 0.3 is 5.69 Å². The average molecular weight is 902 g/mol. The Labute approximate surface area is 381 Å². The molecular formula is C50H56N5O9P. The second-order valence-electron chi connectivity index (χ2n) is 15.8. The van der Waals surface area contributed by atoms with E-state index in [1.54, 1.807) is 14.2 Å². The van der Waals surface area contributed by atoms with Crippen LogP contribution in [0.4, 0.5) is 0 Å². The SMILES string of the molecule is [C-]#[N+]CCOP(O[C@@H]1C[C@H](n2cc(C#CCNC(=O)Cc3ccccc3)c(=O)[nH]c2=O)O[C@@H]1COC(c1ccccc1)(c1ccc(OC)cc1)c1ccc(OC)cc1)N(C(C)C)C(C)C. The van der Waals surface area contributed by atoms with Gasteiger partial charge in [0.15, 0.2) is 0 Å². The maximum absolute atomic E-state index is 13.6. The second-order valence-corrected chi connectivity index (χ2v) is 17.2. The number of methoxy groups -OCH3 is 2. The Hall–Kier alpha value is -6.09. The van der Waals surface area contributed by atoms with Gasteiger partial charge in [0.05, 0.1) is 39.9 Å². The van der Waals surface area contributed by atoms with E-state index in [0.717, 1.165) is 22.3 Å². The molecule has 1 amide bonds. The highest BCUT2D eigenvalue weighted by molar-refractivity contribution is 7.44. The molecule has 5 aromatic rings. The van der Waals surface area contributed by atoms with Crippen molar-refractivity contribution in [2.45, 2.75) is 76.7 Å². The number of ether oxygens (including phenoxy) is 4. The van der Waals surface area contributed by atoms with Gasteiger partial charge in [-0.2, -0.15) is 0 Å². The minimum Gasteiger partial charge on any atom is -0.497 e. The summed E-state index contributed by atoms with van der Waals surface area (Å²) in [4.78, 5) is 45.1. The number of benzene rings is 4. The van der Waals surface area contributed by atoms with Gasteiger partial charge in [0, 0.05) is 24.7 Å². The lowest BCUT2D eigenvalue weighted by Gasteiger charge is -2.39. The molecule has 1 unspecified atom stereocenters. The molecule has 65 heavy (non-hydrogen) atoms. The van der Waals surface area contributed by atoms with E-state index >= 15 is 0 Å². The third-order valence-corrected chi connectivity index (χ3v) is 12.9. The molecule has 6 rings (SSSR count). The number of carbonyl (C=O) groups excluding carboxylic acids is 1. The van der Waals surface area contributed by atoms with Crippen LogP contribution in [-0.4, -0.2) is 84.9 Å². The van der Waals surface area contributed by atoms with Crippen molar-refractivity contribution in [3.05, 3.63) is 175 Å². The molecule has 0 saturated carbocycles. The lowest BCUT2D eigenvalue weighted by atomic mass is 9.80. The number of H-pyrrole nitrogens is 1. The number of carbonyl (C=O) groups is 1. The van der Waals surface area contributed by atoms with Crippen LogP contribution in [0.5, 0.6) is 11.5 Å². The Balaban J connectivity index is 1.37. The summed E-state index contributed by atoms with van der Waals surface area (Å²) in [5.41, 5.74) is 0.779. The predicted molar refractivity (Wildman–Crippen MR) is 249 cm³/mol. The Morgan fingerprint density at radius 3 is 2.06 bits per heavy atom. The zero-order chi connectivity index (χ0) is 46.3. The van der Waals surface area contributed by atoms with Crippen LogP contribution >= 0.6 is 8.53 Å². The first-order valence-electron chi connectivity index (χ1n) is 21.5. The van der Waals surface area contributed by atoms with Crippen molar-refractivity contribution < 1.29 is 32.8 Å². The normalized spacial score (nSPS) is 16.5. The molecule has 1 fully saturated rings. The first-order chi connectivity index (χ1) is 31.5. The number of nitrogens with zero attached hydrogens (tertiary/aromatic N) is 3. The third-order valence-electron chi connectivity index (χ3n) is 10.8. The number of amides is 1. The topological polar surface area (TPSA) is 147 Å². The van der Waals surface area contributed by atoms with Crippen molar-refractivity contribution in [3.63, 3.8) is 0 Å². The van der Waals surface area contributed by atoms with Crippen molar-refractivity contribution in [2.24, 2.45) is 0 Å². The van der Waals surface area contributed by atoms with Crippen LogP contribution in [0.1, 0.15) is 68.2 Å². The summed E-state index contributed by atoms with van der Waals surface area (Å²) in [6.07, 6.45) is -0.690. The second kappa shape index (κ2) is 23.2. The van der Waals surface area contributed by atoms with Crippen molar-refractivity contribution in [1.29, 1.82) is 0 Å². The van der Waals surface area contributed by atoms with E-state index in [4.69, 9.17) is 34.6 Å². The van der Waals surface area contributed by atoms with Crippen LogP contribution < -0.4 is 26.0 Å². The molecule has 340 valence electrons. The average Bonchev–Trinajstić information content (AvgIpc) is 3.71. The molecule has 4 aromatic carbocycles. The monoisotopic (exact) mass is 901 g/mol. The third kappa shape index (κ3) is 12.2. The summed E-state index contributed by atoms with van der Waals surface area (Å²) in [6, 6.07) is 34.6. The lowest BCUT2D eigenvalue weighted by molar-refractivity contribution is -0.120. The molecule has 1 aliphatic rings. The van der Waals surface area contributed by atoms with Crippen molar-refractivity contribution >= 4 is 14.4 Å². The van der Waals surface area contributed by atoms with E-state index in [-0.39, 0.29) is 62.7 Å². The minimum absolute atomic E-state index is 0.00963. The molecule has 15 heteroatoms. The van der Waals surface area contributed by atoms with Crippen molar-refractivity contribution in [2.75, 3.05) is 40.5 Å². The number of aromatic nitrogens is 2. The van der Waals surface area contributed by atoms with E-state index in [0.29, 0.717) is 11.5 Å². The summed E-state index contributed by atoms with van der Waals surface area (Å²) in [6.45, 7) is 15.9. The van der Waals surface area contributed by atoms with Gasteiger partial charge in [-0.15, -0.1) is 0 Å². The van der Waals surface area contributed by atoms with Gasteiger partial charge in [-0.05, 0) is 74.2 Å². The number of aromatic amines is 1. The highest BCUT2D eigenvalue weighted by atomic mass is 31.2. The molecule has 14 nitrogen and oxygen atoms in total. The largest absolute Gasteiger partial charge is 0.497 e. The van der Waals surface area contributed by atoms with Crippen LogP contribution in [-0.2, 0) is 35.3 Å². The van der Waals surface area contributed by atoms with Gasteiger partial charge < -0.3 is 38.2 Å². The van der Waals surface area contributed by atoms with Crippen LogP contribution in [0.15, 0.2) is 125 Å². The molecule has 2 N–H and O–H groups in total. The molecule has 2 heterocycles. The van der Waals surface area contributed by atoms with Crippen LogP contribution in [0.3, 0.4) is 0 Å². The summed E-state index contributed by atoms with van der Waals surface area (Å²) in [5.74, 6) is 6.79. The fourth-order valence-electron chi connectivity index (χ4n) is 7.73. The Morgan fingerprint density at radius 1 is 0.908 bits per heavy atom. The molecule has 1 aliphatic heterocycles. The minimum atomic E-state index is -1.75. The summed E-state index contributed by atoms with van der Waals surface area (Å²) in [7, 11) is 1.48. The van der Waals surface area contributed by atoms with Crippen LogP contribution in [0.2, 0.25) is 0 Å². The molecule has 0 aliphatic carbocycles. The van der Waals surface area contributed by atoms with E-state index in [1.807, 2.05) is 109 Å². The molecule has 4 atom stereocenters. The highest BCUT2D eigenvalue weighted by Gasteiger charge is 2.45. The first-order valence-corrected chi connectivity index (χ1v) is 22.6. The maximum Gasteiger partial charge on any atom is 0.330 e. The zero-order valence-electron chi connectivity index (χ0n) is 37.6. The Morgan fingerprint density at radius 2 is 1.49 bits per heavy atom. The highest BCUT2D eigenvalue weighted by Crippen LogP contribution is 2.50. The van der Waals surface area contributed by atoms with Gasteiger partial charge in [0.25, 0.3) is 14.1 Å². The standard InChI is InChI=1S/C50H56N5O9P/c1-35(2)55(36(3)4)65(62-30-29-51-5)64-44-32-47(54-33-38(48(57)53-49(54)58)17-14-28-52-46(56)31-37-15-10-8-11-16-37)63-45(44)34-61-50(39-18-12-9-13-19-39,40-20-24-42(59-6)25-21-40)41-22-26-43(60-7)27-23-41/h8-13,15-16,18-27,33,35-36,44-45,47H,28-32,34H2,1-4,6-7H3,(H,52,56)(H,53,57,58)/t44-,45-,47-,65?/m1/s1. The fourth-order valence-corrected chi connectivity index (χ4v) is 9.48. The zero-order valence-corrected chi connectivity index (χ0v) is 38.5. The van der Waals surface area contributed by atoms with E-state index in [1.165, 1.54) is 10.8 Å². The maximum atomic E-state index is 13.6. The van der Waals surface area contributed by atoms with Gasteiger partial charge in [-0.3, -0.25) is 19.1 Å². The summed E-state index contributed by atoms with van der Waals surface area (Å²) in [5, 5.41) is 2.76. The van der Waals surface area contributed by atoms with Gasteiger partial charge in [0.1, 0.15) is 41.6 Å². The molecule has 0 bridgehead atoms. The Bertz CT molecular complexity index is 2480. The smallest absolute Gasteiger partial charge is 0.330 e. The quantitative estimate of drug-likeness (QED) is 0.0270. The predicted octanol–water partition coefficient (Wildman–Crippen LogP) is 7.23. The Kier molecular flexibility index (Phi) is 17.3. The van der Waals surface area contributed by atoms with E-state index < -0.39 is 43.8 Å². The fraction of sp³-hybridized carbons (Fsp3) is 0.360. The molecule has 0 radical (unpaired) electrons. The first kappa shape index (κ1) is 48.4. The molecule has 0 spiro atoms. The number of rotatable bonds is 20. The van der Waals surface area contributed by atoms with Crippen LogP contribution in [0.25, 0.3) is 4.85 Å². The van der Waals surface area contributed by atoms with Gasteiger partial charge in [-0.1, -0.05) is 96.8 Å². The molecule has 1 aromatic heterocycles. The number of hydrogen-bond donors (Lipinski definition) is 2. The van der Waals surface area contributed by atoms with Gasteiger partial charge in [0.2, 0.25) is 12.5 Å². The van der Waals surface area contributed by atoms with Crippen molar-refractivity contribution in [3.8, 4) is 23.3 Å². The van der Waals surface area contributed by atoms with E-state index in [9.17, 15) is 14.4 Å². The molecule has 1 saturated heterocycles. The number of nitrogens with one attached hydrogen (secondary N) is 2. The van der Waals surface area contributed by atoms with Gasteiger partial charge in [-0.25, -0.2) is 16.0 Å². The lowest BCUT2D eigenvalue weighted by Crippen LogP contribution is -2.39. The summed E-state index contributed by atoms with van der Waals surface area (Å²) >= 11 is 0. The van der Waals surface area contributed by atoms with E-state index in [2.05, 4.69) is 59.4 Å². The van der Waals surface area contributed by atoms with Crippen molar-refractivity contribution in [1.82, 2.24) is 19.5 Å². The van der Waals surface area contributed by atoms with Crippen LogP contribution in [0, 0.1) is 18.4 Å².